The first-order chi connectivity index (χ1) is 12.5. The second-order valence-electron chi connectivity index (χ2n) is 7.35. The predicted molar refractivity (Wildman–Crippen MR) is 93.7 cm³/mol. The minimum atomic E-state index is -0.985. The Bertz CT molecular complexity index is 840. The van der Waals surface area contributed by atoms with Gasteiger partial charge in [0.2, 0.25) is 0 Å². The average Bonchev–Trinajstić information content (AvgIpc) is 3.35. The number of nitrogens with zero attached hydrogens (tertiary/aromatic N) is 3. The van der Waals surface area contributed by atoms with Crippen LogP contribution in [0.1, 0.15) is 59.4 Å². The van der Waals surface area contributed by atoms with Gasteiger partial charge in [-0.1, -0.05) is 12.8 Å². The molecule has 2 aromatic rings. The molecule has 1 amide bonds. The molecule has 0 aliphatic heterocycles. The molecular formula is C20H23F2N3O. The van der Waals surface area contributed by atoms with E-state index in [9.17, 15) is 13.6 Å². The lowest BCUT2D eigenvalue weighted by atomic mass is 10.1. The van der Waals surface area contributed by atoms with E-state index in [-0.39, 0.29) is 17.5 Å². The summed E-state index contributed by atoms with van der Waals surface area (Å²) < 4.78 is 28.8. The number of benzene rings is 1. The van der Waals surface area contributed by atoms with E-state index in [0.717, 1.165) is 62.8 Å². The molecule has 1 aromatic carbocycles. The quantitative estimate of drug-likeness (QED) is 0.833. The molecule has 2 aliphatic carbocycles. The Morgan fingerprint density at radius 2 is 1.96 bits per heavy atom. The van der Waals surface area contributed by atoms with Gasteiger partial charge in [-0.15, -0.1) is 0 Å². The molecule has 6 heteroatoms. The maximum Gasteiger partial charge on any atom is 0.254 e. The highest BCUT2D eigenvalue weighted by atomic mass is 19.2. The third-order valence-corrected chi connectivity index (χ3v) is 5.71. The van der Waals surface area contributed by atoms with Gasteiger partial charge in [-0.2, -0.15) is 5.10 Å². The minimum Gasteiger partial charge on any atom is -0.330 e. The molecular weight excluding hydrogens is 336 g/mol. The lowest BCUT2D eigenvalue weighted by Gasteiger charge is -2.29. The summed E-state index contributed by atoms with van der Waals surface area (Å²) in [5, 5.41) is 4.64. The van der Waals surface area contributed by atoms with Crippen molar-refractivity contribution in [3.63, 3.8) is 0 Å². The highest BCUT2D eigenvalue weighted by Crippen LogP contribution is 2.30. The molecule has 0 spiro atoms. The zero-order valence-corrected chi connectivity index (χ0v) is 15.0. The summed E-state index contributed by atoms with van der Waals surface area (Å²) in [6.45, 7) is 0.436. The predicted octanol–water partition coefficient (Wildman–Crippen LogP) is 3.77. The summed E-state index contributed by atoms with van der Waals surface area (Å²) in [7, 11) is 1.95. The van der Waals surface area contributed by atoms with Gasteiger partial charge in [0.25, 0.3) is 5.91 Å². The number of carbonyl (C=O) groups is 1. The number of fused-ring (bicyclic) bond motifs is 1. The number of aromatic nitrogens is 2. The number of hydrogen-bond donors (Lipinski definition) is 0. The second kappa shape index (κ2) is 6.82. The van der Waals surface area contributed by atoms with Gasteiger partial charge in [-0.05, 0) is 55.9 Å². The van der Waals surface area contributed by atoms with Crippen molar-refractivity contribution in [1.29, 1.82) is 0 Å². The molecule has 0 unspecified atom stereocenters. The van der Waals surface area contributed by atoms with Crippen LogP contribution in [0.25, 0.3) is 0 Å². The van der Waals surface area contributed by atoms with Crippen LogP contribution in [0.5, 0.6) is 0 Å². The molecule has 4 rings (SSSR count). The Labute approximate surface area is 151 Å². The van der Waals surface area contributed by atoms with Crippen LogP contribution in [-0.2, 0) is 26.4 Å². The van der Waals surface area contributed by atoms with E-state index in [1.165, 1.54) is 17.3 Å². The summed E-state index contributed by atoms with van der Waals surface area (Å²) in [5.74, 6) is -2.16. The molecule has 26 heavy (non-hydrogen) atoms. The smallest absolute Gasteiger partial charge is 0.254 e. The zero-order chi connectivity index (χ0) is 18.3. The van der Waals surface area contributed by atoms with Crippen molar-refractivity contribution >= 4 is 5.91 Å². The first kappa shape index (κ1) is 17.2. The third kappa shape index (κ3) is 3.02. The first-order valence-corrected chi connectivity index (χ1v) is 9.34. The number of amides is 1. The molecule has 0 atom stereocenters. The fraction of sp³-hybridized carbons (Fsp3) is 0.500. The summed E-state index contributed by atoms with van der Waals surface area (Å²) in [6.07, 6.45) is 7.22. The maximum absolute atomic E-state index is 13.6. The molecule has 0 bridgehead atoms. The number of hydrogen-bond acceptors (Lipinski definition) is 2. The van der Waals surface area contributed by atoms with Crippen LogP contribution in [0.15, 0.2) is 18.2 Å². The van der Waals surface area contributed by atoms with Crippen LogP contribution in [0, 0.1) is 11.6 Å². The van der Waals surface area contributed by atoms with E-state index in [4.69, 9.17) is 0 Å². The van der Waals surface area contributed by atoms with Gasteiger partial charge in [-0.25, -0.2) is 8.78 Å². The normalized spacial score (nSPS) is 16.9. The van der Waals surface area contributed by atoms with Gasteiger partial charge < -0.3 is 4.90 Å². The summed E-state index contributed by atoms with van der Waals surface area (Å²) in [6, 6.07) is 3.52. The fourth-order valence-corrected chi connectivity index (χ4v) is 4.36. The van der Waals surface area contributed by atoms with Crippen LogP contribution < -0.4 is 0 Å². The van der Waals surface area contributed by atoms with E-state index < -0.39 is 11.6 Å². The highest BCUT2D eigenvalue weighted by molar-refractivity contribution is 5.94. The number of rotatable bonds is 4. The minimum absolute atomic E-state index is 0.134. The Balaban J connectivity index is 1.65. The van der Waals surface area contributed by atoms with Crippen LogP contribution in [0.3, 0.4) is 0 Å². The van der Waals surface area contributed by atoms with E-state index in [0.29, 0.717) is 6.54 Å². The molecule has 1 fully saturated rings. The van der Waals surface area contributed by atoms with Crippen molar-refractivity contribution in [2.75, 3.05) is 0 Å². The molecule has 2 aliphatic rings. The molecule has 1 heterocycles. The van der Waals surface area contributed by atoms with Crippen molar-refractivity contribution in [2.24, 2.45) is 7.05 Å². The zero-order valence-electron chi connectivity index (χ0n) is 15.0. The fourth-order valence-electron chi connectivity index (χ4n) is 4.36. The van der Waals surface area contributed by atoms with Gasteiger partial charge >= 0.3 is 0 Å². The Morgan fingerprint density at radius 3 is 2.69 bits per heavy atom. The number of aryl methyl sites for hydroxylation is 1. The molecule has 1 saturated carbocycles. The van der Waals surface area contributed by atoms with E-state index in [2.05, 4.69) is 5.10 Å². The lowest BCUT2D eigenvalue weighted by Crippen LogP contribution is -2.38. The van der Waals surface area contributed by atoms with Gasteiger partial charge in [0, 0.05) is 24.3 Å². The Morgan fingerprint density at radius 1 is 1.19 bits per heavy atom. The van der Waals surface area contributed by atoms with E-state index in [1.807, 2.05) is 16.6 Å². The molecule has 0 radical (unpaired) electrons. The molecule has 1 aromatic heterocycles. The number of halogens is 2. The molecule has 0 saturated heterocycles. The van der Waals surface area contributed by atoms with Gasteiger partial charge in [-0.3, -0.25) is 9.48 Å². The summed E-state index contributed by atoms with van der Waals surface area (Å²) >= 11 is 0. The SMILES string of the molecule is Cn1nc(CN(C(=O)c2ccc(F)c(F)c2)C2CCCC2)c2c1CCC2. The summed E-state index contributed by atoms with van der Waals surface area (Å²) in [5.41, 5.74) is 3.66. The van der Waals surface area contributed by atoms with Crippen molar-refractivity contribution in [2.45, 2.75) is 57.5 Å². The standard InChI is InChI=1S/C20H23F2N3O/c1-24-19-8-4-7-15(19)18(23-24)12-25(14-5-2-3-6-14)20(26)13-9-10-16(21)17(22)11-13/h9-11,14H,2-8,12H2,1H3. The highest BCUT2D eigenvalue weighted by Gasteiger charge is 2.31. The van der Waals surface area contributed by atoms with Gasteiger partial charge in [0.1, 0.15) is 0 Å². The monoisotopic (exact) mass is 359 g/mol. The maximum atomic E-state index is 13.6. The first-order valence-electron chi connectivity index (χ1n) is 9.34. The van der Waals surface area contributed by atoms with Crippen molar-refractivity contribution in [1.82, 2.24) is 14.7 Å². The summed E-state index contributed by atoms with van der Waals surface area (Å²) in [4.78, 5) is 14.9. The average molecular weight is 359 g/mol. The Kier molecular flexibility index (Phi) is 4.51. The van der Waals surface area contributed by atoms with Crippen molar-refractivity contribution < 1.29 is 13.6 Å². The molecule has 4 nitrogen and oxygen atoms in total. The lowest BCUT2D eigenvalue weighted by molar-refractivity contribution is 0.0660. The van der Waals surface area contributed by atoms with Crippen molar-refractivity contribution in [3.05, 3.63) is 52.3 Å². The largest absolute Gasteiger partial charge is 0.330 e. The Hall–Kier alpha value is -2.24. The van der Waals surface area contributed by atoms with Gasteiger partial charge in [0.05, 0.1) is 12.2 Å². The van der Waals surface area contributed by atoms with Crippen LogP contribution >= 0.6 is 0 Å². The van der Waals surface area contributed by atoms with E-state index >= 15 is 0 Å². The molecule has 0 N–H and O–H groups in total. The number of carbonyl (C=O) groups excluding carboxylic acids is 1. The third-order valence-electron chi connectivity index (χ3n) is 5.71. The van der Waals surface area contributed by atoms with E-state index in [1.54, 1.807) is 0 Å². The van der Waals surface area contributed by atoms with Crippen LogP contribution in [0.2, 0.25) is 0 Å². The van der Waals surface area contributed by atoms with Crippen LogP contribution in [-0.4, -0.2) is 26.6 Å². The topological polar surface area (TPSA) is 38.1 Å². The van der Waals surface area contributed by atoms with Crippen LogP contribution in [0.4, 0.5) is 8.78 Å². The molecule has 138 valence electrons. The second-order valence-corrected chi connectivity index (χ2v) is 7.35. The van der Waals surface area contributed by atoms with Crippen molar-refractivity contribution in [3.8, 4) is 0 Å². The van der Waals surface area contributed by atoms with Gasteiger partial charge in [0.15, 0.2) is 11.6 Å².